The van der Waals surface area contributed by atoms with Crippen LogP contribution in [0.2, 0.25) is 0 Å². The summed E-state index contributed by atoms with van der Waals surface area (Å²) in [4.78, 5) is 2.24. The molecule has 0 spiro atoms. The summed E-state index contributed by atoms with van der Waals surface area (Å²) < 4.78 is 5.39. The minimum Gasteiger partial charge on any atom is -0.379 e. The second kappa shape index (κ2) is 6.17. The van der Waals surface area contributed by atoms with Crippen LogP contribution in [0.1, 0.15) is 38.8 Å². The normalized spacial score (nSPS) is 19.8. The molecule has 21 heavy (non-hydrogen) atoms. The molecule has 1 atom stereocenters. The fraction of sp³-hybridized carbons (Fsp3) is 0.611. The van der Waals surface area contributed by atoms with Crippen molar-refractivity contribution in [2.45, 2.75) is 45.1 Å². The van der Waals surface area contributed by atoms with E-state index >= 15 is 0 Å². The molecular formula is C18H26N2O. The Morgan fingerprint density at radius 3 is 2.14 bits per heavy atom. The van der Waals surface area contributed by atoms with Crippen LogP contribution in [-0.4, -0.2) is 36.7 Å². The Bertz CT molecular complexity index is 504. The van der Waals surface area contributed by atoms with Gasteiger partial charge in [0.25, 0.3) is 0 Å². The van der Waals surface area contributed by atoms with Crippen LogP contribution < -0.4 is 0 Å². The molecular weight excluding hydrogens is 260 g/mol. The van der Waals surface area contributed by atoms with Crippen molar-refractivity contribution in [1.82, 2.24) is 4.90 Å². The lowest BCUT2D eigenvalue weighted by molar-refractivity contribution is 0.00189. The summed E-state index contributed by atoms with van der Waals surface area (Å²) in [5.74, 6) is 0. The monoisotopic (exact) mass is 286 g/mol. The zero-order valence-corrected chi connectivity index (χ0v) is 13.6. The lowest BCUT2D eigenvalue weighted by atomic mass is 9.85. The molecule has 2 rings (SSSR count). The van der Waals surface area contributed by atoms with Crippen molar-refractivity contribution >= 4 is 0 Å². The lowest BCUT2D eigenvalue weighted by Crippen LogP contribution is -2.52. The molecule has 114 valence electrons. The van der Waals surface area contributed by atoms with Crippen molar-refractivity contribution in [2.24, 2.45) is 0 Å². The van der Waals surface area contributed by atoms with Gasteiger partial charge in [0.05, 0.1) is 19.3 Å². The van der Waals surface area contributed by atoms with Crippen LogP contribution in [0.5, 0.6) is 0 Å². The third-order valence-electron chi connectivity index (χ3n) is 4.32. The van der Waals surface area contributed by atoms with Crippen LogP contribution in [0.15, 0.2) is 24.3 Å². The molecule has 0 saturated carbocycles. The van der Waals surface area contributed by atoms with Crippen molar-refractivity contribution in [1.29, 1.82) is 5.26 Å². The van der Waals surface area contributed by atoms with Crippen molar-refractivity contribution in [2.75, 3.05) is 26.3 Å². The molecule has 1 saturated heterocycles. The highest BCUT2D eigenvalue weighted by atomic mass is 16.5. The fourth-order valence-corrected chi connectivity index (χ4v) is 2.80. The lowest BCUT2D eigenvalue weighted by Gasteiger charge is -2.38. The van der Waals surface area contributed by atoms with E-state index in [1.807, 2.05) is 6.92 Å². The first-order chi connectivity index (χ1) is 9.85. The highest BCUT2D eigenvalue weighted by Gasteiger charge is 2.33. The first-order valence-electron chi connectivity index (χ1n) is 7.69. The molecule has 1 heterocycles. The molecule has 0 aromatic heterocycles. The van der Waals surface area contributed by atoms with Gasteiger partial charge in [0.1, 0.15) is 5.54 Å². The van der Waals surface area contributed by atoms with Gasteiger partial charge >= 0.3 is 0 Å². The average molecular weight is 286 g/mol. The maximum atomic E-state index is 9.65. The smallest absolute Gasteiger partial charge is 0.110 e. The van der Waals surface area contributed by atoms with Gasteiger partial charge in [-0.05, 0) is 23.5 Å². The van der Waals surface area contributed by atoms with Gasteiger partial charge in [-0.25, -0.2) is 0 Å². The molecule has 1 aromatic rings. The van der Waals surface area contributed by atoms with Crippen LogP contribution in [0, 0.1) is 11.3 Å². The summed E-state index contributed by atoms with van der Waals surface area (Å²) in [5.41, 5.74) is 2.27. The van der Waals surface area contributed by atoms with E-state index in [-0.39, 0.29) is 5.41 Å². The summed E-state index contributed by atoms with van der Waals surface area (Å²) in [6, 6.07) is 11.2. The molecule has 1 aliphatic rings. The fourth-order valence-electron chi connectivity index (χ4n) is 2.80. The largest absolute Gasteiger partial charge is 0.379 e. The van der Waals surface area contributed by atoms with Crippen molar-refractivity contribution in [3.8, 4) is 6.07 Å². The van der Waals surface area contributed by atoms with Crippen LogP contribution in [0.25, 0.3) is 0 Å². The maximum Gasteiger partial charge on any atom is 0.110 e. The highest BCUT2D eigenvalue weighted by Crippen LogP contribution is 2.25. The van der Waals surface area contributed by atoms with E-state index in [4.69, 9.17) is 4.74 Å². The summed E-state index contributed by atoms with van der Waals surface area (Å²) in [5, 5.41) is 9.65. The second-order valence-electron chi connectivity index (χ2n) is 7.11. The number of nitriles is 1. The van der Waals surface area contributed by atoms with Gasteiger partial charge in [0.2, 0.25) is 0 Å². The van der Waals surface area contributed by atoms with Crippen molar-refractivity contribution in [3.05, 3.63) is 35.4 Å². The summed E-state index contributed by atoms with van der Waals surface area (Å²) >= 11 is 0. The molecule has 0 bridgehead atoms. The van der Waals surface area contributed by atoms with Crippen molar-refractivity contribution < 1.29 is 4.74 Å². The third-order valence-corrected chi connectivity index (χ3v) is 4.32. The Balaban J connectivity index is 2.13. The van der Waals surface area contributed by atoms with Crippen LogP contribution in [0.3, 0.4) is 0 Å². The Kier molecular flexibility index (Phi) is 4.70. The molecule has 3 nitrogen and oxygen atoms in total. The quantitative estimate of drug-likeness (QED) is 0.856. The molecule has 0 N–H and O–H groups in total. The van der Waals surface area contributed by atoms with Crippen LogP contribution in [-0.2, 0) is 16.6 Å². The van der Waals surface area contributed by atoms with Crippen LogP contribution in [0.4, 0.5) is 0 Å². The van der Waals surface area contributed by atoms with E-state index in [0.29, 0.717) is 0 Å². The predicted molar refractivity (Wildman–Crippen MR) is 85.3 cm³/mol. The van der Waals surface area contributed by atoms with E-state index < -0.39 is 5.54 Å². The molecule has 1 aromatic carbocycles. The van der Waals surface area contributed by atoms with Crippen molar-refractivity contribution in [3.63, 3.8) is 0 Å². The number of nitrogens with zero attached hydrogens (tertiary/aromatic N) is 2. The number of hydrogen-bond donors (Lipinski definition) is 0. The molecule has 1 unspecified atom stereocenters. The molecule has 0 amide bonds. The average Bonchev–Trinajstić information content (AvgIpc) is 2.47. The number of hydrogen-bond acceptors (Lipinski definition) is 3. The van der Waals surface area contributed by atoms with Gasteiger partial charge in [-0.2, -0.15) is 5.26 Å². The second-order valence-corrected chi connectivity index (χ2v) is 7.11. The minimum absolute atomic E-state index is 0.168. The Morgan fingerprint density at radius 2 is 1.67 bits per heavy atom. The Hall–Kier alpha value is -1.37. The zero-order chi connectivity index (χ0) is 15.5. The molecule has 3 heteroatoms. The van der Waals surface area contributed by atoms with Gasteiger partial charge in [-0.15, -0.1) is 0 Å². The predicted octanol–water partition coefficient (Wildman–Crippen LogP) is 3.14. The van der Waals surface area contributed by atoms with E-state index in [1.54, 1.807) is 0 Å². The standard InChI is InChI=1S/C18H26N2O/c1-17(2,3)16-7-5-15(6-8-16)13-18(4,14-19)20-9-11-21-12-10-20/h5-8H,9-13H2,1-4H3. The summed E-state index contributed by atoms with van der Waals surface area (Å²) in [6.45, 7) is 11.8. The molecule has 1 fully saturated rings. The molecule has 0 radical (unpaired) electrons. The Labute approximate surface area is 128 Å². The van der Waals surface area contributed by atoms with Crippen LogP contribution >= 0.6 is 0 Å². The zero-order valence-electron chi connectivity index (χ0n) is 13.6. The number of benzene rings is 1. The number of ether oxygens (including phenoxy) is 1. The minimum atomic E-state index is -0.451. The SMILES string of the molecule is CC(C)(C)c1ccc(CC(C)(C#N)N2CCOCC2)cc1. The van der Waals surface area contributed by atoms with Gasteiger partial charge in [0, 0.05) is 19.5 Å². The summed E-state index contributed by atoms with van der Waals surface area (Å²) in [7, 11) is 0. The van der Waals surface area contributed by atoms with E-state index in [9.17, 15) is 5.26 Å². The summed E-state index contributed by atoms with van der Waals surface area (Å²) in [6.07, 6.45) is 0.758. The first-order valence-corrected chi connectivity index (χ1v) is 7.69. The molecule has 0 aliphatic carbocycles. The molecule has 1 aliphatic heterocycles. The van der Waals surface area contributed by atoms with E-state index in [2.05, 4.69) is 56.0 Å². The number of morpholine rings is 1. The Morgan fingerprint density at radius 1 is 1.10 bits per heavy atom. The number of rotatable bonds is 3. The first kappa shape index (κ1) is 16.0. The van der Waals surface area contributed by atoms with Gasteiger partial charge < -0.3 is 4.74 Å². The van der Waals surface area contributed by atoms with E-state index in [0.717, 1.165) is 32.7 Å². The topological polar surface area (TPSA) is 36.3 Å². The maximum absolute atomic E-state index is 9.65. The van der Waals surface area contributed by atoms with Gasteiger partial charge in [-0.3, -0.25) is 4.90 Å². The highest BCUT2D eigenvalue weighted by molar-refractivity contribution is 5.29. The van der Waals surface area contributed by atoms with Gasteiger partial charge in [-0.1, -0.05) is 45.0 Å². The third kappa shape index (κ3) is 3.84. The van der Waals surface area contributed by atoms with Gasteiger partial charge in [0.15, 0.2) is 0 Å². The van der Waals surface area contributed by atoms with E-state index in [1.165, 1.54) is 11.1 Å².